The maximum absolute atomic E-state index is 13.9. The summed E-state index contributed by atoms with van der Waals surface area (Å²) in [6, 6.07) is 6.21. The van der Waals surface area contributed by atoms with Crippen LogP contribution in [0.5, 0.6) is 5.75 Å². The van der Waals surface area contributed by atoms with E-state index >= 15 is 0 Å². The van der Waals surface area contributed by atoms with Crippen molar-refractivity contribution in [3.05, 3.63) is 62.5 Å². The van der Waals surface area contributed by atoms with Gasteiger partial charge in [-0.1, -0.05) is 23.1 Å². The molecule has 4 N–H and O–H groups in total. The summed E-state index contributed by atoms with van der Waals surface area (Å²) in [5, 5.41) is 16.9. The summed E-state index contributed by atoms with van der Waals surface area (Å²) in [5.74, 6) is -0.534. The van der Waals surface area contributed by atoms with Gasteiger partial charge in [0, 0.05) is 16.1 Å². The highest BCUT2D eigenvalue weighted by molar-refractivity contribution is 7.52. The second kappa shape index (κ2) is 15.9. The fraction of sp³-hybridized carbons (Fsp3) is 0.560. The topological polar surface area (TPSA) is 213 Å². The Kier molecular flexibility index (Phi) is 12.6. The Hall–Kier alpha value is -3.16. The summed E-state index contributed by atoms with van der Waals surface area (Å²) >= 11 is 5.95. The molecule has 0 radical (unpaired) electrons. The predicted molar refractivity (Wildman–Crippen MR) is 154 cm³/mol. The van der Waals surface area contributed by atoms with Gasteiger partial charge in [0.2, 0.25) is 0 Å². The van der Waals surface area contributed by atoms with E-state index in [-0.39, 0.29) is 24.2 Å². The molecule has 1 saturated carbocycles. The Morgan fingerprint density at radius 3 is 2.60 bits per heavy atom. The molecule has 17 heteroatoms. The van der Waals surface area contributed by atoms with E-state index < -0.39 is 50.5 Å². The number of ether oxygens (including phenoxy) is 2. The fourth-order valence-corrected chi connectivity index (χ4v) is 5.71. The minimum absolute atomic E-state index is 0.0308. The van der Waals surface area contributed by atoms with Crippen LogP contribution in [0.4, 0.5) is 5.82 Å². The van der Waals surface area contributed by atoms with Crippen LogP contribution in [0.25, 0.3) is 10.4 Å². The third-order valence-corrected chi connectivity index (χ3v) is 8.22. The van der Waals surface area contributed by atoms with Crippen LogP contribution < -0.4 is 21.0 Å². The standard InChI is InChI=1S/C25H35ClN7O8P/c1-16(24(35)39-19-6-4-3-5-7-19)31-42(37,41-20-10-8-18(26)9-11-20)38-15-21(17(2)34)40-23(14-29-32-28)33-13-12-22(27)30-25(33)36/h8-13,16-17,19,21,23,34H,3-7,14-15H2,1-2H3,(H,31,37)(H2,27,30,36)/t16-,17-,21+,23-,42?/m0/s1. The number of aliphatic hydroxyl groups excluding tert-OH is 1. The third kappa shape index (κ3) is 10.3. The first-order valence-electron chi connectivity index (χ1n) is 13.4. The Balaban J connectivity index is 1.79. The van der Waals surface area contributed by atoms with Crippen LogP contribution in [0, 0.1) is 0 Å². The van der Waals surface area contributed by atoms with Crippen molar-refractivity contribution in [2.45, 2.75) is 76.5 Å². The normalized spacial score (nSPS) is 18.1. The summed E-state index contributed by atoms with van der Waals surface area (Å²) < 4.78 is 37.7. The maximum Gasteiger partial charge on any atom is 0.459 e. The fourth-order valence-electron chi connectivity index (χ4n) is 4.08. The molecule has 1 aromatic carbocycles. The van der Waals surface area contributed by atoms with Crippen LogP contribution >= 0.6 is 19.3 Å². The van der Waals surface area contributed by atoms with Gasteiger partial charge < -0.3 is 24.8 Å². The molecule has 15 nitrogen and oxygen atoms in total. The zero-order valence-corrected chi connectivity index (χ0v) is 24.9. The minimum atomic E-state index is -4.33. The molecule has 1 unspecified atom stereocenters. The van der Waals surface area contributed by atoms with Crippen molar-refractivity contribution in [2.24, 2.45) is 5.11 Å². The Morgan fingerprint density at radius 1 is 1.29 bits per heavy atom. The number of nitrogens with two attached hydrogens (primary N) is 1. The number of aromatic nitrogens is 2. The molecule has 2 aromatic rings. The average molecular weight is 628 g/mol. The quantitative estimate of drug-likeness (QED) is 0.0839. The number of esters is 1. The largest absolute Gasteiger partial charge is 0.461 e. The highest BCUT2D eigenvalue weighted by atomic mass is 35.5. The molecule has 1 aliphatic carbocycles. The van der Waals surface area contributed by atoms with Crippen LogP contribution in [0.15, 0.2) is 46.4 Å². The number of nitrogens with zero attached hydrogens (tertiary/aromatic N) is 5. The number of hydrogen-bond acceptors (Lipinski definition) is 11. The van der Waals surface area contributed by atoms with Crippen LogP contribution in [-0.2, 0) is 23.4 Å². The van der Waals surface area contributed by atoms with Crippen LogP contribution in [0.3, 0.4) is 0 Å². The Morgan fingerprint density at radius 2 is 1.98 bits per heavy atom. The van der Waals surface area contributed by atoms with E-state index in [9.17, 15) is 19.3 Å². The van der Waals surface area contributed by atoms with Crippen molar-refractivity contribution in [1.82, 2.24) is 14.6 Å². The molecule has 0 aliphatic heterocycles. The number of carbonyl (C=O) groups is 1. The molecule has 0 saturated heterocycles. The first kappa shape index (κ1) is 33.3. The molecule has 1 heterocycles. The number of nitrogens with one attached hydrogen (secondary N) is 1. The van der Waals surface area contributed by atoms with E-state index in [1.165, 1.54) is 50.4 Å². The number of halogens is 1. The van der Waals surface area contributed by atoms with Crippen molar-refractivity contribution in [3.63, 3.8) is 0 Å². The van der Waals surface area contributed by atoms with Gasteiger partial charge in [0.1, 0.15) is 36.0 Å². The zero-order valence-electron chi connectivity index (χ0n) is 23.2. The molecule has 42 heavy (non-hydrogen) atoms. The highest BCUT2D eigenvalue weighted by Gasteiger charge is 2.35. The number of azide groups is 1. The Labute approximate surface area is 247 Å². The van der Waals surface area contributed by atoms with Gasteiger partial charge in [0.25, 0.3) is 0 Å². The summed E-state index contributed by atoms with van der Waals surface area (Å²) in [6.45, 7) is 1.95. The molecular formula is C25H35ClN7O8P. The molecule has 0 bridgehead atoms. The lowest BCUT2D eigenvalue weighted by Crippen LogP contribution is -2.40. The van der Waals surface area contributed by atoms with E-state index in [4.69, 9.17) is 41.4 Å². The first-order chi connectivity index (χ1) is 20.0. The van der Waals surface area contributed by atoms with Gasteiger partial charge in [-0.3, -0.25) is 13.9 Å². The van der Waals surface area contributed by atoms with Crippen LogP contribution in [-0.4, -0.2) is 58.1 Å². The monoisotopic (exact) mass is 627 g/mol. The number of aliphatic hydroxyl groups is 1. The van der Waals surface area contributed by atoms with Crippen molar-refractivity contribution >= 4 is 31.1 Å². The SMILES string of the molecule is C[C@H](NP(=O)(OC[C@@H](O[C@@H](CN=[N+]=[N-])n1ccc(N)nc1=O)[C@H](C)O)Oc1ccc(Cl)cc1)C(=O)OC1CCCCC1. The lowest BCUT2D eigenvalue weighted by atomic mass is 9.98. The van der Waals surface area contributed by atoms with Gasteiger partial charge in [-0.25, -0.2) is 9.36 Å². The molecular weight excluding hydrogens is 593 g/mol. The van der Waals surface area contributed by atoms with E-state index in [1.807, 2.05) is 0 Å². The number of anilines is 1. The van der Waals surface area contributed by atoms with Crippen LogP contribution in [0.1, 0.15) is 52.2 Å². The van der Waals surface area contributed by atoms with Crippen molar-refractivity contribution in [1.29, 1.82) is 0 Å². The van der Waals surface area contributed by atoms with E-state index in [2.05, 4.69) is 20.1 Å². The number of rotatable bonds is 15. The zero-order chi connectivity index (χ0) is 30.7. The average Bonchev–Trinajstić information content (AvgIpc) is 2.94. The van der Waals surface area contributed by atoms with Gasteiger partial charge in [0.05, 0.1) is 19.3 Å². The van der Waals surface area contributed by atoms with Crippen molar-refractivity contribution < 1.29 is 33.0 Å². The van der Waals surface area contributed by atoms with Gasteiger partial charge in [-0.05, 0) is 75.4 Å². The van der Waals surface area contributed by atoms with Gasteiger partial charge >= 0.3 is 19.4 Å². The number of nitrogen functional groups attached to an aromatic ring is 1. The molecule has 3 rings (SSSR count). The summed E-state index contributed by atoms with van der Waals surface area (Å²) in [5.41, 5.74) is 13.6. The third-order valence-electron chi connectivity index (χ3n) is 6.32. The Bertz CT molecular complexity index is 1330. The van der Waals surface area contributed by atoms with Crippen LogP contribution in [0.2, 0.25) is 5.02 Å². The van der Waals surface area contributed by atoms with Crippen molar-refractivity contribution in [3.8, 4) is 5.75 Å². The highest BCUT2D eigenvalue weighted by Crippen LogP contribution is 2.45. The van der Waals surface area contributed by atoms with E-state index in [1.54, 1.807) is 0 Å². The van der Waals surface area contributed by atoms with E-state index in [0.717, 1.165) is 36.7 Å². The second-order valence-corrected chi connectivity index (χ2v) is 11.8. The van der Waals surface area contributed by atoms with E-state index in [0.29, 0.717) is 5.02 Å². The summed E-state index contributed by atoms with van der Waals surface area (Å²) in [6.07, 6.45) is 1.91. The second-order valence-electron chi connectivity index (χ2n) is 9.71. The van der Waals surface area contributed by atoms with Gasteiger partial charge in [0.15, 0.2) is 0 Å². The summed E-state index contributed by atoms with van der Waals surface area (Å²) in [4.78, 5) is 31.5. The molecule has 1 aromatic heterocycles. The number of hydrogen-bond donors (Lipinski definition) is 3. The van der Waals surface area contributed by atoms with Crippen molar-refractivity contribution in [2.75, 3.05) is 18.9 Å². The van der Waals surface area contributed by atoms with Gasteiger partial charge in [-0.15, -0.1) is 0 Å². The maximum atomic E-state index is 13.9. The molecule has 0 amide bonds. The van der Waals surface area contributed by atoms with Gasteiger partial charge in [-0.2, -0.15) is 10.1 Å². The lowest BCUT2D eigenvalue weighted by molar-refractivity contribution is -0.152. The molecule has 230 valence electrons. The molecule has 1 fully saturated rings. The smallest absolute Gasteiger partial charge is 0.459 e. The molecule has 1 aliphatic rings. The number of benzene rings is 1. The summed E-state index contributed by atoms with van der Waals surface area (Å²) in [7, 11) is -4.33. The predicted octanol–water partition coefficient (Wildman–Crippen LogP) is 4.11. The molecule has 5 atom stereocenters. The molecule has 0 spiro atoms. The first-order valence-corrected chi connectivity index (χ1v) is 15.3. The number of carbonyl (C=O) groups excluding carboxylic acids is 1. The lowest BCUT2D eigenvalue weighted by Gasteiger charge is -2.29. The minimum Gasteiger partial charge on any atom is -0.461 e.